The largest absolute Gasteiger partial charge is 0.377 e. The highest BCUT2D eigenvalue weighted by molar-refractivity contribution is 7.17. The van der Waals surface area contributed by atoms with Gasteiger partial charge in [0.25, 0.3) is 0 Å². The van der Waals surface area contributed by atoms with Crippen molar-refractivity contribution in [3.05, 3.63) is 47.8 Å². The quantitative estimate of drug-likeness (QED) is 0.0265. The molecule has 23 heteroatoms. The van der Waals surface area contributed by atoms with Crippen LogP contribution < -0.4 is 37.7 Å². The summed E-state index contributed by atoms with van der Waals surface area (Å²) in [6.45, 7) is 5.46. The van der Waals surface area contributed by atoms with Crippen LogP contribution in [0.4, 0.5) is 0 Å². The van der Waals surface area contributed by atoms with Crippen molar-refractivity contribution in [1.82, 2.24) is 56.7 Å². The number of fused-ring (bicyclic) bond motifs is 2. The molecule has 4 fully saturated rings. The molecule has 390 valence electrons. The lowest BCUT2D eigenvalue weighted by Gasteiger charge is -2.36. The van der Waals surface area contributed by atoms with E-state index < -0.39 is 48.1 Å². The van der Waals surface area contributed by atoms with Gasteiger partial charge in [-0.1, -0.05) is 61.2 Å². The summed E-state index contributed by atoms with van der Waals surface area (Å²) < 4.78 is 13.1. The van der Waals surface area contributed by atoms with Gasteiger partial charge in [-0.2, -0.15) is 5.10 Å². The minimum Gasteiger partial charge on any atom is -0.377 e. The molecule has 6 amide bonds. The van der Waals surface area contributed by atoms with E-state index in [2.05, 4.69) is 61.5 Å². The first-order valence-electron chi connectivity index (χ1n) is 25.2. The van der Waals surface area contributed by atoms with E-state index >= 15 is 0 Å². The number of amides is 6. The third-order valence-electron chi connectivity index (χ3n) is 14.0. The number of nitrogens with one attached hydrogen (secondary N) is 6. The lowest BCUT2D eigenvalue weighted by atomic mass is 9.98. The average molecular weight is 1010 g/mol. The third kappa shape index (κ3) is 14.8. The molecule has 4 saturated heterocycles. The van der Waals surface area contributed by atoms with Crippen molar-refractivity contribution in [2.24, 2.45) is 15.9 Å². The predicted octanol–water partition coefficient (Wildman–Crippen LogP) is 0.597. The Kier molecular flexibility index (Phi) is 21.2. The minimum absolute atomic E-state index is 0.0459. The highest BCUT2D eigenvalue weighted by Crippen LogP contribution is 2.34. The smallest absolute Gasteiger partial charge is 0.246 e. The number of aliphatic imine (C=N–C) groups is 1. The van der Waals surface area contributed by atoms with Crippen LogP contribution in [-0.4, -0.2) is 168 Å². The second-order valence-electron chi connectivity index (χ2n) is 18.8. The van der Waals surface area contributed by atoms with Crippen LogP contribution in [0, 0.1) is 0 Å². The van der Waals surface area contributed by atoms with E-state index in [4.69, 9.17) is 15.3 Å². The summed E-state index contributed by atoms with van der Waals surface area (Å²) in [6.07, 6.45) is 11.8. The van der Waals surface area contributed by atoms with Crippen LogP contribution in [0.1, 0.15) is 114 Å². The van der Waals surface area contributed by atoms with Crippen molar-refractivity contribution in [3.8, 4) is 0 Å². The Morgan fingerprint density at radius 2 is 1.30 bits per heavy atom. The number of benzene rings is 1. The van der Waals surface area contributed by atoms with Crippen LogP contribution in [0.5, 0.6) is 0 Å². The standard InChI is InChI=1S/C48H75N14O8P/c1-30(50-3)42(63)53-35-16-10-8-14-33-18-20-39(61(33)47(35)67)44(65)55-41(32-12-6-5-7-13-32)37(57-49)28-52-22-24-69-26-27-70-25-23-60-29-38(58-59-60)46(71)56-45(66)40-21-19-34-15-9-11-17-36(48(68)62(34)40)54-43(64)31(2)51-4/h5-7,12-13,28-31,33-36,39-41,46,50-51H,8-11,14-27,49,71H2,1-4H3,(H,53,63)(H,54,64)(H,55,65)(H,56,66)/t30-,31-,33-,34-,35-,36-,39-,40-,41-,46-/m0/s1. The van der Waals surface area contributed by atoms with Gasteiger partial charge >= 0.3 is 0 Å². The molecule has 0 aliphatic carbocycles. The highest BCUT2D eigenvalue weighted by atomic mass is 31.0. The minimum atomic E-state index is -0.742. The zero-order valence-electron chi connectivity index (χ0n) is 41.6. The number of rotatable bonds is 23. The molecule has 0 spiro atoms. The molecular weight excluding hydrogens is 932 g/mol. The summed E-state index contributed by atoms with van der Waals surface area (Å²) >= 11 is 0. The van der Waals surface area contributed by atoms with Crippen LogP contribution in [0.15, 0.2) is 46.6 Å². The number of hydrogen-bond donors (Lipinski definition) is 7. The van der Waals surface area contributed by atoms with E-state index in [1.807, 2.05) is 30.3 Å². The Bertz CT molecular complexity index is 2160. The van der Waals surface area contributed by atoms with Gasteiger partial charge in [-0.05, 0) is 84.9 Å². The zero-order chi connectivity index (χ0) is 50.9. The number of aromatic nitrogens is 3. The fraction of sp³-hybridized carbons (Fsp3) is 0.667. The molecule has 22 nitrogen and oxygen atoms in total. The molecule has 1 aromatic carbocycles. The Balaban J connectivity index is 0.920. The molecular formula is C48H75N14O8P. The van der Waals surface area contributed by atoms with E-state index in [0.717, 1.165) is 50.5 Å². The van der Waals surface area contributed by atoms with E-state index in [1.165, 1.54) is 6.21 Å². The van der Waals surface area contributed by atoms with Crippen LogP contribution in [0.3, 0.4) is 0 Å². The van der Waals surface area contributed by atoms with Gasteiger partial charge in [0.1, 0.15) is 35.6 Å². The molecule has 1 unspecified atom stereocenters. The summed E-state index contributed by atoms with van der Waals surface area (Å²) in [7, 11) is 5.97. The fourth-order valence-corrected chi connectivity index (χ4v) is 10.1. The summed E-state index contributed by atoms with van der Waals surface area (Å²) in [6, 6.07) is 4.76. The predicted molar refractivity (Wildman–Crippen MR) is 270 cm³/mol. The maximum Gasteiger partial charge on any atom is 0.246 e. The first-order valence-corrected chi connectivity index (χ1v) is 25.9. The van der Waals surface area contributed by atoms with Gasteiger partial charge in [-0.3, -0.25) is 33.8 Å². The van der Waals surface area contributed by atoms with Gasteiger partial charge in [-0.15, -0.1) is 14.3 Å². The van der Waals surface area contributed by atoms with Gasteiger partial charge in [0, 0.05) is 18.3 Å². The molecule has 11 atom stereocenters. The van der Waals surface area contributed by atoms with Gasteiger partial charge < -0.3 is 57.0 Å². The second kappa shape index (κ2) is 27.4. The van der Waals surface area contributed by atoms with Crippen molar-refractivity contribution in [2.75, 3.05) is 47.1 Å². The number of hydrazone groups is 1. The number of carbonyl (C=O) groups excluding carboxylic acids is 6. The highest BCUT2D eigenvalue weighted by Gasteiger charge is 2.46. The molecule has 0 bridgehead atoms. The SMILES string of the molecule is CN[C@@H](C)C(=O)N[C@H]1CCCC[C@H]2CC[C@@H](C(=O)N[C@@H](P)c3cn(CCOCCOCCN=CC(=NN)[C@@H](NC(=O)[C@@H]4CC[C@@H]5CCCC[C@H](NC(=O)[C@H](C)NC)C(=O)N54)c4ccccc4)nn3)N2C1=O. The maximum atomic E-state index is 14.1. The lowest BCUT2D eigenvalue weighted by Crippen LogP contribution is -2.58. The Labute approximate surface area is 418 Å². The number of ether oxygens (including phenoxy) is 2. The fourth-order valence-electron chi connectivity index (χ4n) is 9.74. The van der Waals surface area contributed by atoms with Crippen LogP contribution in [-0.2, 0) is 44.8 Å². The van der Waals surface area contributed by atoms with Crippen molar-refractivity contribution >= 4 is 56.6 Å². The van der Waals surface area contributed by atoms with Crippen LogP contribution >= 0.6 is 9.24 Å². The van der Waals surface area contributed by atoms with E-state index in [1.54, 1.807) is 48.6 Å². The summed E-state index contributed by atoms with van der Waals surface area (Å²) in [5, 5.41) is 30.2. The zero-order valence-corrected chi connectivity index (χ0v) is 42.7. The van der Waals surface area contributed by atoms with Crippen LogP contribution in [0.25, 0.3) is 0 Å². The van der Waals surface area contributed by atoms with Crippen molar-refractivity contribution in [3.63, 3.8) is 0 Å². The second-order valence-corrected chi connectivity index (χ2v) is 19.4. The first-order chi connectivity index (χ1) is 34.3. The molecule has 71 heavy (non-hydrogen) atoms. The molecule has 0 saturated carbocycles. The Morgan fingerprint density at radius 3 is 1.85 bits per heavy atom. The first kappa shape index (κ1) is 54.9. The Hall–Kier alpha value is -5.41. The molecule has 2 aromatic rings. The number of nitrogens with zero attached hydrogens (tertiary/aromatic N) is 7. The third-order valence-corrected chi connectivity index (χ3v) is 14.5. The van der Waals surface area contributed by atoms with Crippen molar-refractivity contribution in [1.29, 1.82) is 0 Å². The number of likely N-dealkylation sites (N-methyl/N-ethyl adjacent to an activating group) is 2. The van der Waals surface area contributed by atoms with Gasteiger partial charge in [-0.25, -0.2) is 4.68 Å². The normalized spacial score (nSPS) is 24.7. The molecule has 8 N–H and O–H groups in total. The number of carbonyl (C=O) groups is 6. The van der Waals surface area contributed by atoms with Gasteiger partial charge in [0.05, 0.1) is 69.6 Å². The number of nitrogens with two attached hydrogens (primary N) is 1. The molecule has 0 radical (unpaired) electrons. The van der Waals surface area contributed by atoms with E-state index in [0.29, 0.717) is 83.0 Å². The average Bonchev–Trinajstić information content (AvgIpc) is 4.14. The van der Waals surface area contributed by atoms with Crippen molar-refractivity contribution in [2.45, 2.75) is 158 Å². The van der Waals surface area contributed by atoms with E-state index in [-0.39, 0.29) is 47.5 Å². The molecule has 6 rings (SSSR count). The van der Waals surface area contributed by atoms with Crippen molar-refractivity contribution < 1.29 is 38.2 Å². The number of hydrogen-bond acceptors (Lipinski definition) is 15. The summed E-state index contributed by atoms with van der Waals surface area (Å²) in [5.74, 6) is 3.82. The summed E-state index contributed by atoms with van der Waals surface area (Å²) in [5.41, 5.74) is 1.60. The Morgan fingerprint density at radius 1 is 0.761 bits per heavy atom. The van der Waals surface area contributed by atoms with E-state index in [9.17, 15) is 28.8 Å². The topological polar surface area (TPSA) is 281 Å². The lowest BCUT2D eigenvalue weighted by molar-refractivity contribution is -0.144. The van der Waals surface area contributed by atoms with Crippen LogP contribution in [0.2, 0.25) is 0 Å². The molecule has 5 heterocycles. The monoisotopic (exact) mass is 1010 g/mol. The van der Waals surface area contributed by atoms with Gasteiger partial charge in [0.2, 0.25) is 35.4 Å². The molecule has 4 aliphatic rings. The molecule has 4 aliphatic heterocycles. The molecule has 1 aromatic heterocycles. The summed E-state index contributed by atoms with van der Waals surface area (Å²) in [4.78, 5) is 88.9. The maximum absolute atomic E-state index is 14.1. The van der Waals surface area contributed by atoms with Gasteiger partial charge in [0.15, 0.2) is 0 Å².